The monoisotopic (exact) mass is 257 g/mol. The predicted molar refractivity (Wildman–Crippen MR) is 64.2 cm³/mol. The van der Waals surface area contributed by atoms with Gasteiger partial charge in [-0.2, -0.15) is 0 Å². The Balaban J connectivity index is 2.14. The van der Waals surface area contributed by atoms with Crippen molar-refractivity contribution in [3.05, 3.63) is 17.9 Å². The number of hydrogen-bond donors (Lipinski definition) is 0. The number of Topliss-reactive ketones (excluding diaryl/α,β-unsaturated/α-hetero) is 1. The maximum atomic E-state index is 11.4. The van der Waals surface area contributed by atoms with Crippen LogP contribution < -0.4 is 4.90 Å². The van der Waals surface area contributed by atoms with Gasteiger partial charge < -0.3 is 9.32 Å². The number of hydrogen-bond acceptors (Lipinski definition) is 5. The van der Waals surface area contributed by atoms with Crippen molar-refractivity contribution in [2.24, 2.45) is 0 Å². The molecule has 0 bridgehead atoms. The SMILES string of the molecule is CC(=O)c1ccc(N(C)C2CCS(=O)(=O)C2)o1. The molecule has 1 aliphatic rings. The van der Waals surface area contributed by atoms with Crippen LogP contribution in [0, 0.1) is 0 Å². The second-order valence-electron chi connectivity index (χ2n) is 4.36. The third-order valence-electron chi connectivity index (χ3n) is 3.04. The highest BCUT2D eigenvalue weighted by Crippen LogP contribution is 2.24. The van der Waals surface area contributed by atoms with E-state index in [0.717, 1.165) is 0 Å². The van der Waals surface area contributed by atoms with Gasteiger partial charge in [-0.3, -0.25) is 4.79 Å². The Kier molecular flexibility index (Phi) is 2.99. The van der Waals surface area contributed by atoms with Crippen molar-refractivity contribution in [3.63, 3.8) is 0 Å². The molecule has 1 aromatic rings. The zero-order valence-corrected chi connectivity index (χ0v) is 10.7. The molecule has 0 N–H and O–H groups in total. The first kappa shape index (κ1) is 12.2. The van der Waals surface area contributed by atoms with Gasteiger partial charge in [0.25, 0.3) is 0 Å². The predicted octanol–water partition coefficient (Wildman–Crippen LogP) is 1.11. The molecule has 1 aliphatic heterocycles. The van der Waals surface area contributed by atoms with Crippen molar-refractivity contribution < 1.29 is 17.6 Å². The topological polar surface area (TPSA) is 67.6 Å². The number of carbonyl (C=O) groups is 1. The van der Waals surface area contributed by atoms with E-state index in [1.165, 1.54) is 6.92 Å². The maximum absolute atomic E-state index is 11.4. The van der Waals surface area contributed by atoms with Crippen molar-refractivity contribution in [2.45, 2.75) is 19.4 Å². The van der Waals surface area contributed by atoms with Crippen LogP contribution in [0.25, 0.3) is 0 Å². The molecule has 94 valence electrons. The average molecular weight is 257 g/mol. The van der Waals surface area contributed by atoms with Gasteiger partial charge in [0.2, 0.25) is 0 Å². The van der Waals surface area contributed by atoms with Crippen molar-refractivity contribution in [2.75, 3.05) is 23.5 Å². The number of furan rings is 1. The van der Waals surface area contributed by atoms with E-state index in [2.05, 4.69) is 0 Å². The van der Waals surface area contributed by atoms with Crippen LogP contribution in [0.2, 0.25) is 0 Å². The maximum Gasteiger partial charge on any atom is 0.196 e. The lowest BCUT2D eigenvalue weighted by Gasteiger charge is -2.22. The van der Waals surface area contributed by atoms with Crippen LogP contribution in [0.5, 0.6) is 0 Å². The fourth-order valence-corrected chi connectivity index (χ4v) is 3.74. The molecule has 1 saturated heterocycles. The normalized spacial score (nSPS) is 22.6. The summed E-state index contributed by atoms with van der Waals surface area (Å²) in [6.45, 7) is 1.43. The quantitative estimate of drug-likeness (QED) is 0.759. The van der Waals surface area contributed by atoms with Crippen LogP contribution in [-0.2, 0) is 9.84 Å². The van der Waals surface area contributed by atoms with Gasteiger partial charge in [0.1, 0.15) is 0 Å². The molecule has 0 saturated carbocycles. The molecule has 1 fully saturated rings. The molecule has 2 heterocycles. The average Bonchev–Trinajstić information content (AvgIpc) is 2.83. The third-order valence-corrected chi connectivity index (χ3v) is 4.79. The van der Waals surface area contributed by atoms with Crippen molar-refractivity contribution in [1.29, 1.82) is 0 Å². The largest absolute Gasteiger partial charge is 0.437 e. The lowest BCUT2D eigenvalue weighted by molar-refractivity contribution is 0.0987. The molecular formula is C11H15NO4S. The smallest absolute Gasteiger partial charge is 0.196 e. The summed E-state index contributed by atoms with van der Waals surface area (Å²) < 4.78 is 28.1. The summed E-state index contributed by atoms with van der Waals surface area (Å²) in [5.41, 5.74) is 0. The molecule has 0 aromatic carbocycles. The second kappa shape index (κ2) is 4.18. The van der Waals surface area contributed by atoms with Gasteiger partial charge in [0.15, 0.2) is 27.3 Å². The zero-order valence-electron chi connectivity index (χ0n) is 9.84. The first-order valence-electron chi connectivity index (χ1n) is 5.43. The van der Waals surface area contributed by atoms with Crippen molar-refractivity contribution in [3.8, 4) is 0 Å². The van der Waals surface area contributed by atoms with Crippen LogP contribution in [0.3, 0.4) is 0 Å². The highest BCUT2D eigenvalue weighted by molar-refractivity contribution is 7.91. The van der Waals surface area contributed by atoms with Gasteiger partial charge >= 0.3 is 0 Å². The molecule has 1 atom stereocenters. The highest BCUT2D eigenvalue weighted by atomic mass is 32.2. The number of ketones is 1. The van der Waals surface area contributed by atoms with Gasteiger partial charge in [-0.15, -0.1) is 0 Å². The van der Waals surface area contributed by atoms with Crippen LogP contribution in [0.4, 0.5) is 5.88 Å². The molecular weight excluding hydrogens is 242 g/mol. The number of anilines is 1. The Hall–Kier alpha value is -1.30. The van der Waals surface area contributed by atoms with E-state index in [4.69, 9.17) is 4.42 Å². The minimum absolute atomic E-state index is 0.0639. The summed E-state index contributed by atoms with van der Waals surface area (Å²) in [6.07, 6.45) is 0.606. The first-order chi connectivity index (χ1) is 7.89. The van der Waals surface area contributed by atoms with E-state index in [1.54, 1.807) is 24.1 Å². The van der Waals surface area contributed by atoms with Gasteiger partial charge in [0.05, 0.1) is 11.5 Å². The summed E-state index contributed by atoms with van der Waals surface area (Å²) in [7, 11) is -1.12. The van der Waals surface area contributed by atoms with E-state index < -0.39 is 9.84 Å². The summed E-state index contributed by atoms with van der Waals surface area (Å²) in [6, 6.07) is 3.24. The van der Waals surface area contributed by atoms with Gasteiger partial charge in [-0.1, -0.05) is 0 Å². The Labute approximate surface area is 100 Å². The highest BCUT2D eigenvalue weighted by Gasteiger charge is 2.31. The molecule has 1 aromatic heterocycles. The van der Waals surface area contributed by atoms with Crippen molar-refractivity contribution in [1.82, 2.24) is 0 Å². The molecule has 1 unspecified atom stereocenters. The molecule has 0 aliphatic carbocycles. The van der Waals surface area contributed by atoms with E-state index in [0.29, 0.717) is 18.1 Å². The Bertz CT molecular complexity index is 531. The first-order valence-corrected chi connectivity index (χ1v) is 7.25. The molecule has 0 amide bonds. The van der Waals surface area contributed by atoms with E-state index >= 15 is 0 Å². The summed E-state index contributed by atoms with van der Waals surface area (Å²) in [5, 5.41) is 0. The molecule has 6 heteroatoms. The summed E-state index contributed by atoms with van der Waals surface area (Å²) >= 11 is 0. The number of sulfone groups is 1. The molecule has 5 nitrogen and oxygen atoms in total. The van der Waals surface area contributed by atoms with Crippen LogP contribution in [0.15, 0.2) is 16.5 Å². The minimum Gasteiger partial charge on any atom is -0.437 e. The van der Waals surface area contributed by atoms with E-state index in [9.17, 15) is 13.2 Å². The number of carbonyl (C=O) groups excluding carboxylic acids is 1. The van der Waals surface area contributed by atoms with Gasteiger partial charge in [0, 0.05) is 26.1 Å². The van der Waals surface area contributed by atoms with Crippen molar-refractivity contribution >= 4 is 21.5 Å². The standard InChI is InChI=1S/C11H15NO4S/c1-8(13)10-3-4-11(16-10)12(2)9-5-6-17(14,15)7-9/h3-4,9H,5-7H2,1-2H3. The Morgan fingerprint density at radius 2 is 2.18 bits per heavy atom. The van der Waals surface area contributed by atoms with Gasteiger partial charge in [-0.25, -0.2) is 8.42 Å². The third kappa shape index (κ3) is 2.52. The zero-order chi connectivity index (χ0) is 12.6. The molecule has 0 radical (unpaired) electrons. The number of rotatable bonds is 3. The lowest BCUT2D eigenvalue weighted by atomic mass is 10.2. The van der Waals surface area contributed by atoms with Crippen LogP contribution >= 0.6 is 0 Å². The Morgan fingerprint density at radius 3 is 2.65 bits per heavy atom. The van der Waals surface area contributed by atoms with Crippen LogP contribution in [0.1, 0.15) is 23.9 Å². The number of nitrogens with zero attached hydrogens (tertiary/aromatic N) is 1. The summed E-state index contributed by atoms with van der Waals surface area (Å²) in [4.78, 5) is 12.9. The van der Waals surface area contributed by atoms with E-state index in [-0.39, 0.29) is 23.3 Å². The fraction of sp³-hybridized carbons (Fsp3) is 0.545. The fourth-order valence-electron chi connectivity index (χ4n) is 1.97. The Morgan fingerprint density at radius 1 is 1.47 bits per heavy atom. The summed E-state index contributed by atoms with van der Waals surface area (Å²) in [5.74, 6) is 1.08. The second-order valence-corrected chi connectivity index (χ2v) is 6.59. The molecule has 17 heavy (non-hydrogen) atoms. The van der Waals surface area contributed by atoms with Crippen LogP contribution in [-0.4, -0.2) is 38.8 Å². The molecule has 2 rings (SSSR count). The van der Waals surface area contributed by atoms with Gasteiger partial charge in [-0.05, 0) is 12.5 Å². The molecule has 0 spiro atoms. The lowest BCUT2D eigenvalue weighted by Crippen LogP contribution is -2.32. The minimum atomic E-state index is -2.91. The van der Waals surface area contributed by atoms with E-state index in [1.807, 2.05) is 0 Å².